The smallest absolute Gasteiger partial charge is 0.316 e. The lowest BCUT2D eigenvalue weighted by Gasteiger charge is -2.11. The summed E-state index contributed by atoms with van der Waals surface area (Å²) in [6, 6.07) is 3.26. The summed E-state index contributed by atoms with van der Waals surface area (Å²) < 4.78 is 15.1. The molecule has 0 fully saturated rings. The first-order chi connectivity index (χ1) is 9.15. The fourth-order valence-electron chi connectivity index (χ4n) is 1.43. The molecule has 1 aromatic carbocycles. The standard InChI is InChI=1S/C13H16O5S/c1-4-18-13(15)8-19-12-6-11(17-3)10(16-2)5-9(12)7-14/h5-7H,4,8H2,1-3H3. The van der Waals surface area contributed by atoms with Crippen molar-refractivity contribution in [3.05, 3.63) is 17.7 Å². The van der Waals surface area contributed by atoms with E-state index in [1.807, 2.05) is 0 Å². The van der Waals surface area contributed by atoms with Crippen LogP contribution < -0.4 is 9.47 Å². The Morgan fingerprint density at radius 3 is 2.42 bits per heavy atom. The average molecular weight is 284 g/mol. The number of carbonyl (C=O) groups is 2. The molecule has 5 nitrogen and oxygen atoms in total. The number of rotatable bonds is 7. The third-order valence-corrected chi connectivity index (χ3v) is 3.34. The van der Waals surface area contributed by atoms with Crippen LogP contribution in [0.3, 0.4) is 0 Å². The number of hydrogen-bond donors (Lipinski definition) is 0. The quantitative estimate of drug-likeness (QED) is 0.434. The van der Waals surface area contributed by atoms with Gasteiger partial charge in [0.2, 0.25) is 0 Å². The molecule has 0 bridgehead atoms. The molecule has 0 aliphatic carbocycles. The Balaban J connectivity index is 2.92. The predicted molar refractivity (Wildman–Crippen MR) is 72.3 cm³/mol. The molecule has 0 aliphatic heterocycles. The molecule has 0 atom stereocenters. The third kappa shape index (κ3) is 4.17. The van der Waals surface area contributed by atoms with Gasteiger partial charge in [-0.25, -0.2) is 0 Å². The number of aldehydes is 1. The molecule has 0 N–H and O–H groups in total. The molecule has 0 amide bonds. The van der Waals surface area contributed by atoms with Gasteiger partial charge in [-0.3, -0.25) is 9.59 Å². The molecular weight excluding hydrogens is 268 g/mol. The van der Waals surface area contributed by atoms with Crippen molar-refractivity contribution in [3.63, 3.8) is 0 Å². The van der Waals surface area contributed by atoms with Crippen LogP contribution in [0.4, 0.5) is 0 Å². The van der Waals surface area contributed by atoms with E-state index in [4.69, 9.17) is 14.2 Å². The number of benzene rings is 1. The lowest BCUT2D eigenvalue weighted by atomic mass is 10.2. The molecule has 0 saturated carbocycles. The van der Waals surface area contributed by atoms with Crippen molar-refractivity contribution in [2.45, 2.75) is 11.8 Å². The number of hydrogen-bond acceptors (Lipinski definition) is 6. The van der Waals surface area contributed by atoms with Crippen LogP contribution in [0.2, 0.25) is 0 Å². The minimum absolute atomic E-state index is 0.143. The molecule has 0 aliphatic rings. The largest absolute Gasteiger partial charge is 0.493 e. The highest BCUT2D eigenvalue weighted by Gasteiger charge is 2.13. The Morgan fingerprint density at radius 1 is 1.26 bits per heavy atom. The fourth-order valence-corrected chi connectivity index (χ4v) is 2.25. The number of thioether (sulfide) groups is 1. The zero-order valence-corrected chi connectivity index (χ0v) is 11.9. The van der Waals surface area contributed by atoms with Crippen molar-refractivity contribution in [1.29, 1.82) is 0 Å². The zero-order chi connectivity index (χ0) is 14.3. The fraction of sp³-hybridized carbons (Fsp3) is 0.385. The SMILES string of the molecule is CCOC(=O)CSc1cc(OC)c(OC)cc1C=O. The van der Waals surface area contributed by atoms with Gasteiger partial charge >= 0.3 is 5.97 Å². The van der Waals surface area contributed by atoms with Gasteiger partial charge in [-0.05, 0) is 19.1 Å². The highest BCUT2D eigenvalue weighted by molar-refractivity contribution is 8.00. The van der Waals surface area contributed by atoms with Crippen molar-refractivity contribution in [3.8, 4) is 11.5 Å². The summed E-state index contributed by atoms with van der Waals surface area (Å²) in [5.41, 5.74) is 0.451. The van der Waals surface area contributed by atoms with Gasteiger partial charge in [0.25, 0.3) is 0 Å². The van der Waals surface area contributed by atoms with Gasteiger partial charge < -0.3 is 14.2 Å². The molecule has 0 spiro atoms. The first kappa shape index (κ1) is 15.4. The van der Waals surface area contributed by atoms with Gasteiger partial charge in [0, 0.05) is 10.5 Å². The Morgan fingerprint density at radius 2 is 1.89 bits per heavy atom. The monoisotopic (exact) mass is 284 g/mol. The van der Waals surface area contributed by atoms with E-state index in [0.29, 0.717) is 28.6 Å². The highest BCUT2D eigenvalue weighted by atomic mass is 32.2. The van der Waals surface area contributed by atoms with Crippen molar-refractivity contribution in [1.82, 2.24) is 0 Å². The van der Waals surface area contributed by atoms with Crippen LogP contribution >= 0.6 is 11.8 Å². The normalized spacial score (nSPS) is 9.84. The number of ether oxygens (including phenoxy) is 3. The number of methoxy groups -OCH3 is 2. The second-order valence-electron chi connectivity index (χ2n) is 3.46. The van der Waals surface area contributed by atoms with E-state index in [0.717, 1.165) is 6.29 Å². The Hall–Kier alpha value is -1.69. The maximum absolute atomic E-state index is 11.3. The Bertz CT molecular complexity index is 459. The number of carbonyl (C=O) groups excluding carboxylic acids is 2. The van der Waals surface area contributed by atoms with Gasteiger partial charge in [-0.1, -0.05) is 0 Å². The molecule has 0 unspecified atom stereocenters. The van der Waals surface area contributed by atoms with Crippen LogP contribution in [-0.4, -0.2) is 38.8 Å². The molecule has 19 heavy (non-hydrogen) atoms. The van der Waals surface area contributed by atoms with Crippen LogP contribution in [0.15, 0.2) is 17.0 Å². The van der Waals surface area contributed by atoms with E-state index in [1.165, 1.54) is 26.0 Å². The summed E-state index contributed by atoms with van der Waals surface area (Å²) in [5, 5.41) is 0. The van der Waals surface area contributed by atoms with Crippen molar-refractivity contribution in [2.24, 2.45) is 0 Å². The zero-order valence-electron chi connectivity index (χ0n) is 11.1. The van der Waals surface area contributed by atoms with E-state index in [9.17, 15) is 9.59 Å². The lowest BCUT2D eigenvalue weighted by Crippen LogP contribution is -2.07. The maximum Gasteiger partial charge on any atom is 0.316 e. The summed E-state index contributed by atoms with van der Waals surface area (Å²) in [7, 11) is 3.01. The predicted octanol–water partition coefficient (Wildman–Crippen LogP) is 2.17. The van der Waals surface area contributed by atoms with E-state index in [1.54, 1.807) is 19.1 Å². The molecule has 0 aromatic heterocycles. The van der Waals surface area contributed by atoms with Crippen LogP contribution in [0.5, 0.6) is 11.5 Å². The third-order valence-electron chi connectivity index (χ3n) is 2.29. The van der Waals surface area contributed by atoms with Crippen LogP contribution in [0, 0.1) is 0 Å². The summed E-state index contributed by atoms with van der Waals surface area (Å²) in [6.07, 6.45) is 0.718. The van der Waals surface area contributed by atoms with Crippen molar-refractivity contribution < 1.29 is 23.8 Å². The Kier molecular flexibility index (Phi) is 6.21. The molecule has 1 aromatic rings. The summed E-state index contributed by atoms with van der Waals surface area (Å²) in [6.45, 7) is 2.09. The molecule has 0 saturated heterocycles. The molecule has 1 rings (SSSR count). The molecule has 6 heteroatoms. The van der Waals surface area contributed by atoms with Gasteiger partial charge in [-0.15, -0.1) is 11.8 Å². The van der Waals surface area contributed by atoms with Gasteiger partial charge in [-0.2, -0.15) is 0 Å². The van der Waals surface area contributed by atoms with E-state index < -0.39 is 0 Å². The van der Waals surface area contributed by atoms with Gasteiger partial charge in [0.05, 0.1) is 26.6 Å². The van der Waals surface area contributed by atoms with Crippen LogP contribution in [0.1, 0.15) is 17.3 Å². The second-order valence-corrected chi connectivity index (χ2v) is 4.47. The molecule has 0 heterocycles. The molecule has 104 valence electrons. The first-order valence-electron chi connectivity index (χ1n) is 5.65. The van der Waals surface area contributed by atoms with Crippen molar-refractivity contribution >= 4 is 24.0 Å². The number of esters is 1. The Labute approximate surface area is 116 Å². The van der Waals surface area contributed by atoms with E-state index >= 15 is 0 Å². The minimum atomic E-state index is -0.320. The summed E-state index contributed by atoms with van der Waals surface area (Å²) in [5.74, 6) is 0.813. The highest BCUT2D eigenvalue weighted by Crippen LogP contribution is 2.34. The minimum Gasteiger partial charge on any atom is -0.493 e. The topological polar surface area (TPSA) is 61.8 Å². The van der Waals surface area contributed by atoms with E-state index in [2.05, 4.69) is 0 Å². The summed E-state index contributed by atoms with van der Waals surface area (Å²) >= 11 is 1.23. The summed E-state index contributed by atoms with van der Waals surface area (Å²) in [4.78, 5) is 23.0. The van der Waals surface area contributed by atoms with Crippen LogP contribution in [0.25, 0.3) is 0 Å². The van der Waals surface area contributed by atoms with Crippen LogP contribution in [-0.2, 0) is 9.53 Å². The van der Waals surface area contributed by atoms with Gasteiger partial charge in [0.15, 0.2) is 17.8 Å². The van der Waals surface area contributed by atoms with Gasteiger partial charge in [0.1, 0.15) is 0 Å². The van der Waals surface area contributed by atoms with Crippen molar-refractivity contribution in [2.75, 3.05) is 26.6 Å². The second kappa shape index (κ2) is 7.68. The van der Waals surface area contributed by atoms with E-state index in [-0.39, 0.29) is 11.7 Å². The first-order valence-corrected chi connectivity index (χ1v) is 6.64. The molecule has 0 radical (unpaired) electrons. The maximum atomic E-state index is 11.3. The lowest BCUT2D eigenvalue weighted by molar-refractivity contribution is -0.139. The molecular formula is C13H16O5S. The average Bonchev–Trinajstić information content (AvgIpc) is 2.44.